The van der Waals surface area contributed by atoms with E-state index in [9.17, 15) is 9.59 Å². The number of halogens is 1. The molecule has 0 aliphatic rings. The highest BCUT2D eigenvalue weighted by atomic mass is 35.5. The average Bonchev–Trinajstić information content (AvgIpc) is 2.44. The van der Waals surface area contributed by atoms with Crippen LogP contribution in [0.1, 0.15) is 23.7 Å². The Morgan fingerprint density at radius 1 is 1.40 bits per heavy atom. The van der Waals surface area contributed by atoms with E-state index in [0.29, 0.717) is 22.9 Å². The maximum atomic E-state index is 12.3. The third-order valence-electron chi connectivity index (χ3n) is 2.69. The van der Waals surface area contributed by atoms with Crippen LogP contribution in [0.5, 0.6) is 5.75 Å². The summed E-state index contributed by atoms with van der Waals surface area (Å²) in [6, 6.07) is 4.80. The van der Waals surface area contributed by atoms with Crippen molar-refractivity contribution in [3.8, 4) is 5.75 Å². The SMILES string of the molecule is CCCNC(=O)CN(C)C(=O)c1cc(Cl)ccc1OC. The van der Waals surface area contributed by atoms with E-state index >= 15 is 0 Å². The second-order valence-corrected chi connectivity index (χ2v) is 4.79. The lowest BCUT2D eigenvalue weighted by Gasteiger charge is -2.18. The van der Waals surface area contributed by atoms with Crippen molar-refractivity contribution in [1.82, 2.24) is 10.2 Å². The molecule has 1 aromatic carbocycles. The molecule has 0 aromatic heterocycles. The quantitative estimate of drug-likeness (QED) is 0.873. The lowest BCUT2D eigenvalue weighted by atomic mass is 10.1. The first kappa shape index (κ1) is 16.3. The molecule has 0 radical (unpaired) electrons. The zero-order valence-electron chi connectivity index (χ0n) is 11.9. The van der Waals surface area contributed by atoms with Gasteiger partial charge in [0.25, 0.3) is 5.91 Å². The van der Waals surface area contributed by atoms with Crippen LogP contribution in [0, 0.1) is 0 Å². The first-order valence-electron chi connectivity index (χ1n) is 6.35. The van der Waals surface area contributed by atoms with E-state index in [1.54, 1.807) is 19.2 Å². The van der Waals surface area contributed by atoms with Crippen LogP contribution >= 0.6 is 11.6 Å². The standard InChI is InChI=1S/C14H19ClN2O3/c1-4-7-16-13(18)9-17(2)14(19)11-8-10(15)5-6-12(11)20-3/h5-6,8H,4,7,9H2,1-3H3,(H,16,18). The molecule has 1 aromatic rings. The van der Waals surface area contributed by atoms with Gasteiger partial charge in [-0.25, -0.2) is 0 Å². The van der Waals surface area contributed by atoms with Crippen molar-refractivity contribution >= 4 is 23.4 Å². The molecule has 110 valence electrons. The summed E-state index contributed by atoms with van der Waals surface area (Å²) in [5.41, 5.74) is 0.339. The van der Waals surface area contributed by atoms with Crippen molar-refractivity contribution in [3.63, 3.8) is 0 Å². The van der Waals surface area contributed by atoms with Gasteiger partial charge in [-0.15, -0.1) is 0 Å². The van der Waals surface area contributed by atoms with E-state index in [1.165, 1.54) is 18.1 Å². The van der Waals surface area contributed by atoms with Crippen molar-refractivity contribution in [1.29, 1.82) is 0 Å². The molecular weight excluding hydrogens is 280 g/mol. The van der Waals surface area contributed by atoms with E-state index < -0.39 is 0 Å². The smallest absolute Gasteiger partial charge is 0.257 e. The summed E-state index contributed by atoms with van der Waals surface area (Å²) in [4.78, 5) is 25.2. The highest BCUT2D eigenvalue weighted by Crippen LogP contribution is 2.23. The van der Waals surface area contributed by atoms with Gasteiger partial charge in [0.2, 0.25) is 5.91 Å². The Kier molecular flexibility index (Phi) is 6.31. The Balaban J connectivity index is 2.78. The number of amides is 2. The maximum Gasteiger partial charge on any atom is 0.257 e. The van der Waals surface area contributed by atoms with E-state index in [0.717, 1.165) is 6.42 Å². The van der Waals surface area contributed by atoms with Crippen molar-refractivity contribution in [3.05, 3.63) is 28.8 Å². The van der Waals surface area contributed by atoms with Crippen molar-refractivity contribution in [2.24, 2.45) is 0 Å². The minimum atomic E-state index is -0.309. The zero-order chi connectivity index (χ0) is 15.1. The van der Waals surface area contributed by atoms with E-state index in [1.807, 2.05) is 6.92 Å². The average molecular weight is 299 g/mol. The molecule has 0 unspecified atom stereocenters. The zero-order valence-corrected chi connectivity index (χ0v) is 12.7. The number of methoxy groups -OCH3 is 1. The number of hydrogen-bond acceptors (Lipinski definition) is 3. The molecule has 1 rings (SSSR count). The molecule has 0 saturated heterocycles. The molecule has 0 saturated carbocycles. The first-order chi connectivity index (χ1) is 9.49. The molecule has 2 amide bonds. The van der Waals surface area contributed by atoms with Crippen molar-refractivity contribution in [2.45, 2.75) is 13.3 Å². The molecule has 5 nitrogen and oxygen atoms in total. The molecule has 6 heteroatoms. The van der Waals surface area contributed by atoms with Crippen LogP contribution in [0.25, 0.3) is 0 Å². The summed E-state index contributed by atoms with van der Waals surface area (Å²) >= 11 is 5.89. The van der Waals surface area contributed by atoms with Crippen LogP contribution in [0.2, 0.25) is 5.02 Å². The summed E-state index contributed by atoms with van der Waals surface area (Å²) in [6.07, 6.45) is 0.853. The highest BCUT2D eigenvalue weighted by molar-refractivity contribution is 6.31. The molecular formula is C14H19ClN2O3. The lowest BCUT2D eigenvalue weighted by Crippen LogP contribution is -2.38. The largest absolute Gasteiger partial charge is 0.496 e. The number of hydrogen-bond donors (Lipinski definition) is 1. The number of nitrogens with one attached hydrogen (secondary N) is 1. The first-order valence-corrected chi connectivity index (χ1v) is 6.73. The summed E-state index contributed by atoms with van der Waals surface area (Å²) in [5, 5.41) is 3.16. The summed E-state index contributed by atoms with van der Waals surface area (Å²) in [5.74, 6) is -0.0695. The number of nitrogens with zero attached hydrogens (tertiary/aromatic N) is 1. The Morgan fingerprint density at radius 3 is 2.70 bits per heavy atom. The normalized spacial score (nSPS) is 10.0. The van der Waals surface area contributed by atoms with E-state index in [2.05, 4.69) is 5.32 Å². The van der Waals surface area contributed by atoms with Gasteiger partial charge in [0.15, 0.2) is 0 Å². The van der Waals surface area contributed by atoms with Gasteiger partial charge in [-0.05, 0) is 24.6 Å². The second kappa shape index (κ2) is 7.75. The predicted molar refractivity (Wildman–Crippen MR) is 78.3 cm³/mol. The molecule has 0 aliphatic carbocycles. The molecule has 0 fully saturated rings. The summed E-state index contributed by atoms with van der Waals surface area (Å²) in [7, 11) is 3.04. The fourth-order valence-corrected chi connectivity index (χ4v) is 1.83. The summed E-state index contributed by atoms with van der Waals surface area (Å²) in [6.45, 7) is 2.56. The Morgan fingerprint density at radius 2 is 2.10 bits per heavy atom. The van der Waals surface area contributed by atoms with E-state index in [-0.39, 0.29) is 18.4 Å². The number of ether oxygens (including phenoxy) is 1. The highest BCUT2D eigenvalue weighted by Gasteiger charge is 2.19. The second-order valence-electron chi connectivity index (χ2n) is 4.36. The maximum absolute atomic E-state index is 12.3. The van der Waals surface area contributed by atoms with Gasteiger partial charge in [0.05, 0.1) is 19.2 Å². The van der Waals surface area contributed by atoms with Crippen LogP contribution in [0.15, 0.2) is 18.2 Å². The van der Waals surface area contributed by atoms with Crippen LogP contribution in [0.4, 0.5) is 0 Å². The number of carbonyl (C=O) groups is 2. The minimum Gasteiger partial charge on any atom is -0.496 e. The van der Waals surface area contributed by atoms with Crippen LogP contribution in [0.3, 0.4) is 0 Å². The van der Waals surface area contributed by atoms with Gasteiger partial charge in [0.1, 0.15) is 5.75 Å². The Bertz CT molecular complexity index is 491. The van der Waals surface area contributed by atoms with E-state index in [4.69, 9.17) is 16.3 Å². The molecule has 0 atom stereocenters. The van der Waals surface area contributed by atoms with Gasteiger partial charge in [0, 0.05) is 18.6 Å². The van der Waals surface area contributed by atoms with Crippen molar-refractivity contribution < 1.29 is 14.3 Å². The third-order valence-corrected chi connectivity index (χ3v) is 2.93. The number of carbonyl (C=O) groups excluding carboxylic acids is 2. The van der Waals surface area contributed by atoms with Gasteiger partial charge < -0.3 is 15.0 Å². The summed E-state index contributed by atoms with van der Waals surface area (Å²) < 4.78 is 5.13. The van der Waals surface area contributed by atoms with Crippen LogP contribution in [-0.2, 0) is 4.79 Å². The molecule has 0 bridgehead atoms. The predicted octanol–water partition coefficient (Wildman–Crippen LogP) is 1.95. The van der Waals surface area contributed by atoms with Gasteiger partial charge in [-0.2, -0.15) is 0 Å². The Labute approximate surface area is 123 Å². The van der Waals surface area contributed by atoms with Crippen molar-refractivity contribution in [2.75, 3.05) is 27.2 Å². The monoisotopic (exact) mass is 298 g/mol. The lowest BCUT2D eigenvalue weighted by molar-refractivity contribution is -0.121. The van der Waals surface area contributed by atoms with Crippen LogP contribution < -0.4 is 10.1 Å². The number of likely N-dealkylation sites (N-methyl/N-ethyl adjacent to an activating group) is 1. The Hall–Kier alpha value is -1.75. The molecule has 0 aliphatic heterocycles. The van der Waals surface area contributed by atoms with Gasteiger partial charge in [-0.3, -0.25) is 9.59 Å². The fourth-order valence-electron chi connectivity index (χ4n) is 1.66. The topological polar surface area (TPSA) is 58.6 Å². The molecule has 20 heavy (non-hydrogen) atoms. The number of benzene rings is 1. The molecule has 0 heterocycles. The van der Waals surface area contributed by atoms with Gasteiger partial charge >= 0.3 is 0 Å². The fraction of sp³-hybridized carbons (Fsp3) is 0.429. The molecule has 0 spiro atoms. The third kappa shape index (κ3) is 4.42. The van der Waals surface area contributed by atoms with Crippen LogP contribution in [-0.4, -0.2) is 44.0 Å². The number of rotatable bonds is 6. The van der Waals surface area contributed by atoms with Gasteiger partial charge in [-0.1, -0.05) is 18.5 Å². The minimum absolute atomic E-state index is 0.00546. The molecule has 1 N–H and O–H groups in total.